The molecule has 9 heteroatoms. The van der Waals surface area contributed by atoms with Gasteiger partial charge in [-0.15, -0.1) is 0 Å². The smallest absolute Gasteiger partial charge is 0.293 e. The molecule has 1 saturated heterocycles. The lowest BCUT2D eigenvalue weighted by Gasteiger charge is -2.13. The van der Waals surface area contributed by atoms with Crippen molar-refractivity contribution in [1.29, 1.82) is 0 Å². The van der Waals surface area contributed by atoms with Crippen LogP contribution in [0.15, 0.2) is 82.2 Å². The van der Waals surface area contributed by atoms with E-state index in [0.29, 0.717) is 32.1 Å². The van der Waals surface area contributed by atoms with Crippen molar-refractivity contribution in [3.8, 4) is 11.5 Å². The summed E-state index contributed by atoms with van der Waals surface area (Å²) in [7, 11) is 0. The molecule has 0 unspecified atom stereocenters. The van der Waals surface area contributed by atoms with E-state index in [4.69, 9.17) is 9.47 Å². The summed E-state index contributed by atoms with van der Waals surface area (Å²) >= 11 is 4.34. The number of aryl methyl sites for hydroxylation is 1. The molecule has 184 valence electrons. The van der Waals surface area contributed by atoms with Crippen LogP contribution in [0.1, 0.15) is 11.1 Å². The van der Waals surface area contributed by atoms with Crippen LogP contribution in [0.5, 0.6) is 11.5 Å². The zero-order valence-corrected chi connectivity index (χ0v) is 21.8. The Hall–Kier alpha value is -3.56. The van der Waals surface area contributed by atoms with E-state index < -0.39 is 0 Å². The number of halogens is 1. The van der Waals surface area contributed by atoms with Crippen molar-refractivity contribution in [2.24, 2.45) is 0 Å². The average molecular weight is 567 g/mol. The number of thioether (sulfide) groups is 1. The van der Waals surface area contributed by atoms with E-state index in [0.717, 1.165) is 17.3 Å². The van der Waals surface area contributed by atoms with Gasteiger partial charge in [-0.05, 0) is 82.7 Å². The first-order valence-electron chi connectivity index (χ1n) is 11.1. The molecule has 1 N–H and O–H groups in total. The van der Waals surface area contributed by atoms with Crippen LogP contribution in [0.2, 0.25) is 0 Å². The highest BCUT2D eigenvalue weighted by Crippen LogP contribution is 2.34. The van der Waals surface area contributed by atoms with Gasteiger partial charge in [0, 0.05) is 5.69 Å². The number of ether oxygens (including phenoxy) is 2. The summed E-state index contributed by atoms with van der Waals surface area (Å²) in [6.45, 7) is 2.21. The Bertz CT molecular complexity index is 1300. The highest BCUT2D eigenvalue weighted by atomic mass is 79.9. The van der Waals surface area contributed by atoms with Crippen LogP contribution in [-0.4, -0.2) is 41.7 Å². The van der Waals surface area contributed by atoms with Gasteiger partial charge in [0.15, 0.2) is 6.61 Å². The predicted molar refractivity (Wildman–Crippen MR) is 144 cm³/mol. The minimum Gasteiger partial charge on any atom is -0.492 e. The number of para-hydroxylation sites is 1. The lowest BCUT2D eigenvalue weighted by molar-refractivity contribution is -0.123. The summed E-state index contributed by atoms with van der Waals surface area (Å²) in [6, 6.07) is 21.9. The molecule has 0 spiro atoms. The summed E-state index contributed by atoms with van der Waals surface area (Å²) in [6.07, 6.45) is 1.66. The summed E-state index contributed by atoms with van der Waals surface area (Å²) in [5.41, 5.74) is 2.53. The van der Waals surface area contributed by atoms with Gasteiger partial charge in [-0.2, -0.15) is 0 Å². The van der Waals surface area contributed by atoms with Crippen LogP contribution in [0.4, 0.5) is 10.5 Å². The van der Waals surface area contributed by atoms with Gasteiger partial charge in [0.2, 0.25) is 0 Å². The number of rotatable bonds is 9. The molecular formula is C27H23BrN2O5S. The molecule has 1 heterocycles. The highest BCUT2D eigenvalue weighted by Gasteiger charge is 2.34. The Kier molecular flexibility index (Phi) is 8.45. The van der Waals surface area contributed by atoms with E-state index in [9.17, 15) is 14.4 Å². The van der Waals surface area contributed by atoms with Gasteiger partial charge in [-0.3, -0.25) is 19.3 Å². The second kappa shape index (κ2) is 11.9. The fraction of sp³-hybridized carbons (Fsp3) is 0.148. The van der Waals surface area contributed by atoms with Crippen LogP contribution in [0.3, 0.4) is 0 Å². The molecule has 36 heavy (non-hydrogen) atoms. The second-order valence-corrected chi connectivity index (χ2v) is 9.74. The topological polar surface area (TPSA) is 84.9 Å². The fourth-order valence-electron chi connectivity index (χ4n) is 3.32. The zero-order chi connectivity index (χ0) is 25.5. The van der Waals surface area contributed by atoms with Gasteiger partial charge >= 0.3 is 0 Å². The predicted octanol–water partition coefficient (Wildman–Crippen LogP) is 5.89. The Morgan fingerprint density at radius 3 is 2.50 bits per heavy atom. The summed E-state index contributed by atoms with van der Waals surface area (Å²) < 4.78 is 11.9. The molecule has 0 bridgehead atoms. The molecule has 0 radical (unpaired) electrons. The van der Waals surface area contributed by atoms with E-state index in [1.807, 2.05) is 49.4 Å². The first-order valence-corrected chi connectivity index (χ1v) is 12.7. The van der Waals surface area contributed by atoms with Gasteiger partial charge < -0.3 is 14.8 Å². The summed E-state index contributed by atoms with van der Waals surface area (Å²) in [4.78, 5) is 38.8. The lowest BCUT2D eigenvalue weighted by Crippen LogP contribution is -2.32. The van der Waals surface area contributed by atoms with E-state index in [1.165, 1.54) is 4.90 Å². The van der Waals surface area contributed by atoms with Crippen LogP contribution < -0.4 is 14.8 Å². The molecule has 1 aliphatic rings. The molecule has 0 atom stereocenters. The largest absolute Gasteiger partial charge is 0.492 e. The first-order chi connectivity index (χ1) is 17.4. The second-order valence-electron chi connectivity index (χ2n) is 7.89. The highest BCUT2D eigenvalue weighted by molar-refractivity contribution is 9.10. The maximum atomic E-state index is 12.8. The SMILES string of the molecule is Cc1ccc(OCCN2C(=O)S/C(=C\c3ccc(OCC(=O)Nc4ccccc4)c(Br)c3)C2=O)cc1. The monoisotopic (exact) mass is 566 g/mol. The molecule has 1 fully saturated rings. The normalized spacial score (nSPS) is 14.3. The van der Waals surface area contributed by atoms with Gasteiger partial charge in [0.05, 0.1) is 15.9 Å². The van der Waals surface area contributed by atoms with Crippen molar-refractivity contribution in [2.75, 3.05) is 25.1 Å². The van der Waals surface area contributed by atoms with Crippen LogP contribution in [0.25, 0.3) is 6.08 Å². The number of nitrogens with one attached hydrogen (secondary N) is 1. The van der Waals surface area contributed by atoms with Crippen LogP contribution in [0, 0.1) is 6.92 Å². The third kappa shape index (κ3) is 6.77. The molecule has 0 saturated carbocycles. The van der Waals surface area contributed by atoms with Crippen LogP contribution in [-0.2, 0) is 9.59 Å². The van der Waals surface area contributed by atoms with Crippen LogP contribution >= 0.6 is 27.7 Å². The van der Waals surface area contributed by atoms with Gasteiger partial charge in [-0.25, -0.2) is 0 Å². The van der Waals surface area contributed by atoms with Crippen molar-refractivity contribution in [1.82, 2.24) is 4.90 Å². The first kappa shape index (κ1) is 25.5. The summed E-state index contributed by atoms with van der Waals surface area (Å²) in [5.74, 6) is 0.535. The lowest BCUT2D eigenvalue weighted by atomic mass is 10.2. The summed E-state index contributed by atoms with van der Waals surface area (Å²) in [5, 5.41) is 2.42. The number of anilines is 1. The van der Waals surface area contributed by atoms with Gasteiger partial charge in [-0.1, -0.05) is 42.0 Å². The Morgan fingerprint density at radius 2 is 1.78 bits per heavy atom. The molecule has 0 aliphatic carbocycles. The number of hydrogen-bond acceptors (Lipinski definition) is 6. The van der Waals surface area contributed by atoms with Gasteiger partial charge in [0.25, 0.3) is 17.1 Å². The van der Waals surface area contributed by atoms with Crippen molar-refractivity contribution >= 4 is 56.5 Å². The Labute approximate surface area is 221 Å². The van der Waals surface area contributed by atoms with Gasteiger partial charge in [0.1, 0.15) is 18.1 Å². The third-order valence-electron chi connectivity index (χ3n) is 5.15. The van der Waals surface area contributed by atoms with E-state index in [-0.39, 0.29) is 36.8 Å². The Morgan fingerprint density at radius 1 is 1.03 bits per heavy atom. The molecule has 7 nitrogen and oxygen atoms in total. The minimum atomic E-state index is -0.355. The quantitative estimate of drug-likeness (QED) is 0.325. The van der Waals surface area contributed by atoms with E-state index >= 15 is 0 Å². The molecule has 3 aromatic carbocycles. The number of nitrogens with zero attached hydrogens (tertiary/aromatic N) is 1. The number of carbonyl (C=O) groups is 3. The molecule has 1 aliphatic heterocycles. The number of hydrogen-bond donors (Lipinski definition) is 1. The van der Waals surface area contributed by atoms with E-state index in [1.54, 1.807) is 36.4 Å². The molecule has 0 aromatic heterocycles. The maximum absolute atomic E-state index is 12.8. The Balaban J connectivity index is 1.32. The number of benzene rings is 3. The zero-order valence-electron chi connectivity index (χ0n) is 19.4. The van der Waals surface area contributed by atoms with E-state index in [2.05, 4.69) is 21.2 Å². The standard InChI is InChI=1S/C27H23BrN2O5S/c1-18-7-10-21(11-8-18)34-14-13-30-26(32)24(36-27(30)33)16-19-9-12-23(22(28)15-19)35-17-25(31)29-20-5-3-2-4-6-20/h2-12,15-16H,13-14,17H2,1H3,(H,29,31)/b24-16-. The molecule has 3 amide bonds. The van der Waals surface area contributed by atoms with Crippen molar-refractivity contribution in [2.45, 2.75) is 6.92 Å². The maximum Gasteiger partial charge on any atom is 0.293 e. The average Bonchev–Trinajstić information content (AvgIpc) is 3.12. The number of imide groups is 1. The molecular weight excluding hydrogens is 544 g/mol. The number of carbonyl (C=O) groups excluding carboxylic acids is 3. The fourth-order valence-corrected chi connectivity index (χ4v) is 4.70. The van der Waals surface area contributed by atoms with Crippen molar-refractivity contribution < 1.29 is 23.9 Å². The van der Waals surface area contributed by atoms with Crippen molar-refractivity contribution in [3.63, 3.8) is 0 Å². The third-order valence-corrected chi connectivity index (χ3v) is 6.68. The molecule has 3 aromatic rings. The molecule has 4 rings (SSSR count). The van der Waals surface area contributed by atoms with Crippen molar-refractivity contribution in [3.05, 3.63) is 93.3 Å². The minimum absolute atomic E-state index is 0.156. The number of amides is 3.